The number of nitrogens with two attached hydrogens (primary N) is 1. The second-order valence-corrected chi connectivity index (χ2v) is 4.69. The van der Waals surface area contributed by atoms with Crippen LogP contribution >= 0.6 is 0 Å². The summed E-state index contributed by atoms with van der Waals surface area (Å²) in [5.74, 6) is -1.62. The van der Waals surface area contributed by atoms with Crippen molar-refractivity contribution >= 4 is 0 Å². The highest BCUT2D eigenvalue weighted by Gasteiger charge is 2.19. The van der Waals surface area contributed by atoms with Gasteiger partial charge in [0.2, 0.25) is 0 Å². The minimum atomic E-state index is -0.632. The number of hydrogen-bond donors (Lipinski definition) is 2. The van der Waals surface area contributed by atoms with Crippen molar-refractivity contribution in [2.45, 2.75) is 25.4 Å². The Kier molecular flexibility index (Phi) is 4.41. The number of benzene rings is 1. The van der Waals surface area contributed by atoms with E-state index >= 15 is 0 Å². The molecule has 1 aromatic carbocycles. The van der Waals surface area contributed by atoms with E-state index in [1.165, 1.54) is 29.1 Å². The van der Waals surface area contributed by atoms with E-state index in [2.05, 4.69) is 10.3 Å². The van der Waals surface area contributed by atoms with Crippen molar-refractivity contribution < 1.29 is 13.9 Å². The Hall–Kier alpha value is -1.86. The van der Waals surface area contributed by atoms with Gasteiger partial charge in [0.05, 0.1) is 18.8 Å². The first-order valence-electron chi connectivity index (χ1n) is 6.22. The van der Waals surface area contributed by atoms with E-state index in [1.54, 1.807) is 6.92 Å². The van der Waals surface area contributed by atoms with E-state index in [4.69, 9.17) is 5.73 Å². The van der Waals surface area contributed by atoms with Crippen LogP contribution in [-0.4, -0.2) is 32.7 Å². The van der Waals surface area contributed by atoms with Gasteiger partial charge in [-0.15, -0.1) is 5.10 Å². The van der Waals surface area contributed by atoms with Crippen LogP contribution < -0.4 is 5.73 Å². The van der Waals surface area contributed by atoms with Gasteiger partial charge in [0.1, 0.15) is 11.6 Å². The van der Waals surface area contributed by atoms with Gasteiger partial charge in [-0.1, -0.05) is 11.3 Å². The molecule has 3 N–H and O–H groups in total. The van der Waals surface area contributed by atoms with Gasteiger partial charge in [0.25, 0.3) is 0 Å². The number of hydrogen-bond acceptors (Lipinski definition) is 4. The van der Waals surface area contributed by atoms with Crippen molar-refractivity contribution in [2.75, 3.05) is 6.61 Å². The first-order chi connectivity index (χ1) is 9.52. The number of aromatic nitrogens is 3. The number of halogens is 2. The van der Waals surface area contributed by atoms with Gasteiger partial charge in [-0.05, 0) is 19.1 Å². The summed E-state index contributed by atoms with van der Waals surface area (Å²) in [7, 11) is 0. The lowest BCUT2D eigenvalue weighted by molar-refractivity contribution is 0.249. The van der Waals surface area contributed by atoms with E-state index in [0.717, 1.165) is 0 Å². The summed E-state index contributed by atoms with van der Waals surface area (Å²) in [6.45, 7) is 1.52. The fraction of sp³-hybridized carbons (Fsp3) is 0.385. The Morgan fingerprint density at radius 3 is 2.55 bits per heavy atom. The molecule has 0 spiro atoms. The van der Waals surface area contributed by atoms with Crippen LogP contribution in [0.1, 0.15) is 24.1 Å². The summed E-state index contributed by atoms with van der Waals surface area (Å²) in [6, 6.07) is 3.39. The normalized spacial score (nSPS) is 14.2. The van der Waals surface area contributed by atoms with E-state index in [1.807, 2.05) is 0 Å². The lowest BCUT2D eigenvalue weighted by Crippen LogP contribution is -2.27. The fourth-order valence-corrected chi connectivity index (χ4v) is 1.94. The highest BCUT2D eigenvalue weighted by molar-refractivity contribution is 5.20. The summed E-state index contributed by atoms with van der Waals surface area (Å²) < 4.78 is 28.4. The van der Waals surface area contributed by atoms with Crippen LogP contribution in [0.25, 0.3) is 0 Å². The van der Waals surface area contributed by atoms with Crippen molar-refractivity contribution in [3.8, 4) is 0 Å². The number of aliphatic hydroxyl groups excluding tert-OH is 1. The molecule has 2 unspecified atom stereocenters. The molecule has 2 rings (SSSR count). The maximum atomic E-state index is 13.5. The van der Waals surface area contributed by atoms with Gasteiger partial charge in [-0.25, -0.2) is 13.5 Å². The lowest BCUT2D eigenvalue weighted by atomic mass is 10.0. The Labute approximate surface area is 115 Å². The molecule has 0 aliphatic carbocycles. The molecule has 1 aromatic heterocycles. The number of rotatable bonds is 5. The van der Waals surface area contributed by atoms with E-state index in [9.17, 15) is 13.9 Å². The standard InChI is InChI=1S/C13H16F2N4O/c1-8(16)10(7-20)13-6-19(18-17-13)5-9-11(14)3-2-4-12(9)15/h2-4,6,8,10,20H,5,7,16H2,1H3. The quantitative estimate of drug-likeness (QED) is 0.858. The number of nitrogens with zero attached hydrogens (tertiary/aromatic N) is 3. The molecule has 0 saturated heterocycles. The highest BCUT2D eigenvalue weighted by Crippen LogP contribution is 2.17. The van der Waals surface area contributed by atoms with Gasteiger partial charge < -0.3 is 10.8 Å². The molecule has 0 radical (unpaired) electrons. The molecule has 5 nitrogen and oxygen atoms in total. The first kappa shape index (κ1) is 14.5. The number of aliphatic hydroxyl groups is 1. The molecule has 0 bridgehead atoms. The van der Waals surface area contributed by atoms with Crippen molar-refractivity contribution in [2.24, 2.45) is 5.73 Å². The van der Waals surface area contributed by atoms with Crippen LogP contribution in [0.5, 0.6) is 0 Å². The Morgan fingerprint density at radius 1 is 1.35 bits per heavy atom. The SMILES string of the molecule is CC(N)C(CO)c1cn(Cc2c(F)cccc2F)nn1. The Bertz CT molecular complexity index is 565. The third-order valence-corrected chi connectivity index (χ3v) is 3.15. The van der Waals surface area contributed by atoms with Crippen molar-refractivity contribution in [1.29, 1.82) is 0 Å². The van der Waals surface area contributed by atoms with E-state index in [-0.39, 0.29) is 30.7 Å². The summed E-state index contributed by atoms with van der Waals surface area (Å²) >= 11 is 0. The van der Waals surface area contributed by atoms with Crippen LogP contribution in [0, 0.1) is 11.6 Å². The molecule has 108 valence electrons. The average Bonchev–Trinajstić information content (AvgIpc) is 2.83. The average molecular weight is 282 g/mol. The first-order valence-corrected chi connectivity index (χ1v) is 6.22. The molecule has 0 saturated carbocycles. The largest absolute Gasteiger partial charge is 0.396 e. The maximum absolute atomic E-state index is 13.5. The molecule has 0 aliphatic heterocycles. The molecule has 0 aliphatic rings. The minimum Gasteiger partial charge on any atom is -0.396 e. The molecular weight excluding hydrogens is 266 g/mol. The summed E-state index contributed by atoms with van der Waals surface area (Å²) in [6.07, 6.45) is 1.54. The predicted molar refractivity (Wildman–Crippen MR) is 69.0 cm³/mol. The van der Waals surface area contributed by atoms with Gasteiger partial charge in [0.15, 0.2) is 0 Å². The molecule has 1 heterocycles. The second-order valence-electron chi connectivity index (χ2n) is 4.69. The minimum absolute atomic E-state index is 0.0669. The van der Waals surface area contributed by atoms with Crippen molar-refractivity contribution in [1.82, 2.24) is 15.0 Å². The Morgan fingerprint density at radius 2 is 2.00 bits per heavy atom. The third kappa shape index (κ3) is 3.00. The zero-order chi connectivity index (χ0) is 14.7. The summed E-state index contributed by atoms with van der Waals surface area (Å²) in [5, 5.41) is 17.0. The smallest absolute Gasteiger partial charge is 0.131 e. The van der Waals surface area contributed by atoms with Crippen LogP contribution in [0.15, 0.2) is 24.4 Å². The third-order valence-electron chi connectivity index (χ3n) is 3.15. The van der Waals surface area contributed by atoms with Crippen molar-refractivity contribution in [3.05, 3.63) is 47.3 Å². The van der Waals surface area contributed by atoms with Gasteiger partial charge in [0, 0.05) is 23.7 Å². The van der Waals surface area contributed by atoms with Gasteiger partial charge in [-0.3, -0.25) is 0 Å². The summed E-state index contributed by atoms with van der Waals surface area (Å²) in [4.78, 5) is 0. The molecule has 2 aromatic rings. The molecule has 2 atom stereocenters. The van der Waals surface area contributed by atoms with Crippen LogP contribution in [0.2, 0.25) is 0 Å². The zero-order valence-corrected chi connectivity index (χ0v) is 11.0. The lowest BCUT2D eigenvalue weighted by Gasteiger charge is -2.14. The highest BCUT2D eigenvalue weighted by atomic mass is 19.1. The molecular formula is C13H16F2N4O. The van der Waals surface area contributed by atoms with Crippen LogP contribution in [-0.2, 0) is 6.54 Å². The van der Waals surface area contributed by atoms with E-state index in [0.29, 0.717) is 5.69 Å². The molecule has 0 fully saturated rings. The van der Waals surface area contributed by atoms with Crippen LogP contribution in [0.3, 0.4) is 0 Å². The summed E-state index contributed by atoms with van der Waals surface area (Å²) in [5.41, 5.74) is 6.15. The monoisotopic (exact) mass is 282 g/mol. The fourth-order valence-electron chi connectivity index (χ4n) is 1.94. The Balaban J connectivity index is 2.22. The van der Waals surface area contributed by atoms with Gasteiger partial charge in [-0.2, -0.15) is 0 Å². The second kappa shape index (κ2) is 6.06. The molecule has 20 heavy (non-hydrogen) atoms. The maximum Gasteiger partial charge on any atom is 0.131 e. The van der Waals surface area contributed by atoms with Gasteiger partial charge >= 0.3 is 0 Å². The molecule has 7 heteroatoms. The molecule has 0 amide bonds. The predicted octanol–water partition coefficient (Wildman–Crippen LogP) is 1.03. The van der Waals surface area contributed by atoms with Crippen molar-refractivity contribution in [3.63, 3.8) is 0 Å². The van der Waals surface area contributed by atoms with Crippen LogP contribution in [0.4, 0.5) is 8.78 Å². The topological polar surface area (TPSA) is 77.0 Å². The van der Waals surface area contributed by atoms with E-state index < -0.39 is 11.6 Å². The zero-order valence-electron chi connectivity index (χ0n) is 11.0.